The van der Waals surface area contributed by atoms with Gasteiger partial charge in [0.15, 0.2) is 5.82 Å². The number of hydrogen-bond acceptors (Lipinski definition) is 7. The molecule has 2 aromatic carbocycles. The van der Waals surface area contributed by atoms with E-state index in [9.17, 15) is 31.1 Å². The number of aromatic nitrogens is 3. The molecule has 3 atom stereocenters. The van der Waals surface area contributed by atoms with E-state index in [1.54, 1.807) is 12.1 Å². The normalized spacial score (nSPS) is 19.6. The summed E-state index contributed by atoms with van der Waals surface area (Å²) in [5.74, 6) is -2.76. The number of aliphatic imine (C=N–C) groups is 1. The number of thioether (sulfide) groups is 1. The summed E-state index contributed by atoms with van der Waals surface area (Å²) in [4.78, 5) is 22.2. The number of nitrogens with two attached hydrogens (primary N) is 2. The molecule has 6 rings (SSSR count). The maximum Gasteiger partial charge on any atom is 0.292 e. The molecule has 2 fully saturated rings. The Hall–Kier alpha value is -4.82. The number of carbonyl (C=O) groups is 1. The zero-order chi connectivity index (χ0) is 40.9. The first-order valence-corrected chi connectivity index (χ1v) is 18.7. The SMILES string of the molecule is CSC(C)(C)C#Cc1ccc(-c2ccc(Cl)c3c(N)nn(CC(F)F)c23)c(C(Cc2cc(F)cc(F)c2)NC(=O)CN=C2C(=C(N)C(F)F)C3CC3C2(F)F)n1. The number of nitrogens with zero attached hydrogens (tertiary/aromatic N) is 4. The highest BCUT2D eigenvalue weighted by atomic mass is 35.5. The number of carbonyl (C=O) groups excluding carboxylic acids is 1. The first-order valence-electron chi connectivity index (χ1n) is 17.1. The molecule has 2 aliphatic rings. The minimum Gasteiger partial charge on any atom is -0.397 e. The van der Waals surface area contributed by atoms with E-state index in [2.05, 4.69) is 27.2 Å². The van der Waals surface area contributed by atoms with Crippen LogP contribution in [0.3, 0.4) is 0 Å². The van der Waals surface area contributed by atoms with Gasteiger partial charge >= 0.3 is 0 Å². The van der Waals surface area contributed by atoms with Crippen LogP contribution in [0.4, 0.5) is 40.9 Å². The van der Waals surface area contributed by atoms with Crippen LogP contribution in [-0.4, -0.2) is 62.7 Å². The van der Waals surface area contributed by atoms with E-state index in [4.69, 9.17) is 28.1 Å². The predicted molar refractivity (Wildman–Crippen MR) is 200 cm³/mol. The van der Waals surface area contributed by atoms with Crippen LogP contribution in [0.25, 0.3) is 22.0 Å². The van der Waals surface area contributed by atoms with Crippen LogP contribution in [0, 0.1) is 35.3 Å². The molecule has 0 bridgehead atoms. The molecule has 18 heteroatoms. The summed E-state index contributed by atoms with van der Waals surface area (Å²) >= 11 is 7.93. The van der Waals surface area contributed by atoms with E-state index in [1.165, 1.54) is 23.9 Å². The Morgan fingerprint density at radius 1 is 1.12 bits per heavy atom. The maximum absolute atomic E-state index is 15.2. The number of halogens is 9. The van der Waals surface area contributed by atoms with Gasteiger partial charge in [-0.1, -0.05) is 23.6 Å². The second kappa shape index (κ2) is 15.6. The van der Waals surface area contributed by atoms with Crippen LogP contribution in [0.1, 0.15) is 43.3 Å². The quantitative estimate of drug-likeness (QED) is 0.104. The second-order valence-corrected chi connectivity index (χ2v) is 15.7. The number of rotatable bonds is 11. The van der Waals surface area contributed by atoms with Gasteiger partial charge in [-0.3, -0.25) is 14.5 Å². The molecule has 2 saturated carbocycles. The highest BCUT2D eigenvalue weighted by Crippen LogP contribution is 2.62. The van der Waals surface area contributed by atoms with Crippen LogP contribution in [-0.2, 0) is 17.8 Å². The Balaban J connectivity index is 1.51. The topological polar surface area (TPSA) is 124 Å². The highest BCUT2D eigenvalue weighted by Gasteiger charge is 2.67. The third-order valence-electron chi connectivity index (χ3n) is 9.55. The highest BCUT2D eigenvalue weighted by molar-refractivity contribution is 8.00. The van der Waals surface area contributed by atoms with Gasteiger partial charge < -0.3 is 16.8 Å². The fourth-order valence-corrected chi connectivity index (χ4v) is 7.17. The Labute approximate surface area is 325 Å². The van der Waals surface area contributed by atoms with E-state index >= 15 is 8.78 Å². The molecule has 56 heavy (non-hydrogen) atoms. The Bertz CT molecular complexity index is 2320. The molecule has 2 aliphatic carbocycles. The van der Waals surface area contributed by atoms with Crippen molar-refractivity contribution in [1.82, 2.24) is 20.1 Å². The van der Waals surface area contributed by atoms with Crippen LogP contribution in [0.2, 0.25) is 5.02 Å². The fraction of sp³-hybridized carbons (Fsp3) is 0.368. The van der Waals surface area contributed by atoms with Crippen molar-refractivity contribution >= 4 is 51.7 Å². The Morgan fingerprint density at radius 3 is 2.45 bits per heavy atom. The first kappa shape index (κ1) is 40.8. The number of pyridine rings is 1. The van der Waals surface area contributed by atoms with Gasteiger partial charge in [0.1, 0.15) is 36.1 Å². The molecule has 2 aromatic heterocycles. The van der Waals surface area contributed by atoms with Crippen molar-refractivity contribution in [3.8, 4) is 23.0 Å². The molecule has 296 valence electrons. The zero-order valence-corrected chi connectivity index (χ0v) is 31.5. The molecule has 1 amide bonds. The summed E-state index contributed by atoms with van der Waals surface area (Å²) in [6.45, 7) is 1.89. The smallest absolute Gasteiger partial charge is 0.292 e. The minimum atomic E-state index is -3.62. The third-order valence-corrected chi connectivity index (χ3v) is 11.0. The van der Waals surface area contributed by atoms with Crippen molar-refractivity contribution in [2.24, 2.45) is 22.6 Å². The van der Waals surface area contributed by atoms with E-state index in [1.807, 2.05) is 20.1 Å². The number of alkyl halides is 6. The number of allylic oxidation sites excluding steroid dienone is 2. The molecule has 5 N–H and O–H groups in total. The van der Waals surface area contributed by atoms with E-state index in [-0.39, 0.29) is 62.7 Å². The van der Waals surface area contributed by atoms with Crippen molar-refractivity contribution in [2.45, 2.75) is 62.8 Å². The monoisotopic (exact) mass is 823 g/mol. The summed E-state index contributed by atoms with van der Waals surface area (Å²) in [6, 6.07) is 7.40. The molecular formula is C38H34ClF8N7OS. The molecular weight excluding hydrogens is 790 g/mol. The van der Waals surface area contributed by atoms with Crippen molar-refractivity contribution in [1.29, 1.82) is 0 Å². The average Bonchev–Trinajstić information content (AvgIpc) is 3.80. The van der Waals surface area contributed by atoms with Gasteiger partial charge in [0, 0.05) is 28.7 Å². The van der Waals surface area contributed by atoms with Crippen LogP contribution < -0.4 is 16.8 Å². The second-order valence-electron chi connectivity index (χ2n) is 13.9. The van der Waals surface area contributed by atoms with E-state index in [0.29, 0.717) is 6.07 Å². The van der Waals surface area contributed by atoms with Crippen molar-refractivity contribution in [3.63, 3.8) is 0 Å². The minimum absolute atomic E-state index is 0.0198. The molecule has 2 heterocycles. The summed E-state index contributed by atoms with van der Waals surface area (Å²) in [5.41, 5.74) is 9.90. The average molecular weight is 824 g/mol. The van der Waals surface area contributed by atoms with Crippen molar-refractivity contribution < 1.29 is 39.9 Å². The maximum atomic E-state index is 15.2. The molecule has 3 unspecified atom stereocenters. The number of anilines is 1. The van der Waals surface area contributed by atoms with E-state index < -0.39 is 89.0 Å². The summed E-state index contributed by atoms with van der Waals surface area (Å²) in [5, 5.41) is 6.98. The van der Waals surface area contributed by atoms with Gasteiger partial charge in [-0.2, -0.15) is 13.9 Å². The Kier molecular flexibility index (Phi) is 11.4. The zero-order valence-electron chi connectivity index (χ0n) is 29.9. The predicted octanol–water partition coefficient (Wildman–Crippen LogP) is 7.97. The van der Waals surface area contributed by atoms with Crippen LogP contribution in [0.15, 0.2) is 58.7 Å². The lowest BCUT2D eigenvalue weighted by Gasteiger charge is -2.23. The van der Waals surface area contributed by atoms with Gasteiger partial charge in [0.25, 0.3) is 18.8 Å². The molecule has 0 radical (unpaired) electrons. The van der Waals surface area contributed by atoms with Gasteiger partial charge in [0.2, 0.25) is 5.91 Å². The molecule has 0 spiro atoms. The number of nitrogen functional groups attached to an aromatic ring is 1. The van der Waals surface area contributed by atoms with Crippen LogP contribution in [0.5, 0.6) is 0 Å². The first-order chi connectivity index (χ1) is 26.3. The number of amides is 1. The standard InChI is InChI=1S/C38H34ClF8N7OS/c1-37(2,56-3)9-8-20-4-5-21(22-6-7-25(39)30-33(22)54(16-27(42)43)53-36(30)49)32(51-20)26(12-17-10-18(40)13-19(41)11-17)52-28(55)15-50-34-29(31(48)35(44)45)23-14-24(23)38(34,46)47/h4-7,10-11,13,23-24,26-27,35H,12,14-16,48H2,1-3H3,(H2,49,53)(H,52,55). The number of fused-ring (bicyclic) bond motifs is 2. The third kappa shape index (κ3) is 8.31. The van der Waals surface area contributed by atoms with E-state index in [0.717, 1.165) is 16.8 Å². The van der Waals surface area contributed by atoms with Gasteiger partial charge in [-0.15, -0.1) is 11.8 Å². The summed E-state index contributed by atoms with van der Waals surface area (Å²) in [6.07, 6.45) is -4.64. The molecule has 0 aliphatic heterocycles. The number of nitrogens with one attached hydrogen (secondary N) is 1. The lowest BCUT2D eigenvalue weighted by Crippen LogP contribution is -2.35. The lowest BCUT2D eigenvalue weighted by molar-refractivity contribution is -0.120. The fourth-order valence-electron chi connectivity index (χ4n) is 6.77. The molecule has 8 nitrogen and oxygen atoms in total. The largest absolute Gasteiger partial charge is 0.397 e. The Morgan fingerprint density at radius 2 is 1.80 bits per heavy atom. The van der Waals surface area contributed by atoms with Crippen molar-refractivity contribution in [2.75, 3.05) is 18.5 Å². The van der Waals surface area contributed by atoms with Crippen LogP contribution >= 0.6 is 23.4 Å². The number of hydrogen-bond donors (Lipinski definition) is 3. The molecule has 4 aromatic rings. The molecule has 0 saturated heterocycles. The summed E-state index contributed by atoms with van der Waals surface area (Å²) in [7, 11) is 0. The van der Waals surface area contributed by atoms with Gasteiger partial charge in [-0.25, -0.2) is 31.3 Å². The lowest BCUT2D eigenvalue weighted by atomic mass is 9.93. The summed E-state index contributed by atoms with van der Waals surface area (Å²) < 4.78 is 115. The van der Waals surface area contributed by atoms with Crippen molar-refractivity contribution in [3.05, 3.63) is 87.3 Å². The van der Waals surface area contributed by atoms with Gasteiger partial charge in [0.05, 0.1) is 38.1 Å². The van der Waals surface area contributed by atoms with Gasteiger partial charge in [-0.05, 0) is 80.7 Å². The number of benzene rings is 2.